The zero-order valence-corrected chi connectivity index (χ0v) is 21.1. The lowest BCUT2D eigenvalue weighted by molar-refractivity contribution is -0.181. The number of amidine groups is 1. The molecule has 2 amide bonds. The minimum Gasteiger partial charge on any atom is -0.446 e. The van der Waals surface area contributed by atoms with E-state index in [1.165, 1.54) is 5.06 Å². The first kappa shape index (κ1) is 26.3. The number of aromatic nitrogens is 1. The van der Waals surface area contributed by atoms with Gasteiger partial charge in [-0.05, 0) is 49.5 Å². The standard InChI is InChI=1S/C27H34N6O4/c1-2-11-33(36-12-10-30-27(35)37-23-4-3-5-23)26(34)21-13-19-7-6-18(14-24(19)32-25(29)15-21)20-8-9-22(16-28)31-17-20/h6-9,13-14,17,23H,2-5,10-12,15-16,28H2,1H3,(H2,29,32)(H,30,35). The third-order valence-electron chi connectivity index (χ3n) is 6.24. The Morgan fingerprint density at radius 1 is 1.19 bits per heavy atom. The third-order valence-corrected chi connectivity index (χ3v) is 6.24. The highest BCUT2D eigenvalue weighted by atomic mass is 16.7. The maximum atomic E-state index is 13.4. The van der Waals surface area contributed by atoms with Crippen molar-refractivity contribution in [3.63, 3.8) is 0 Å². The Balaban J connectivity index is 1.43. The van der Waals surface area contributed by atoms with Gasteiger partial charge in [-0.25, -0.2) is 14.9 Å². The number of rotatable bonds is 10. The number of nitrogens with one attached hydrogen (secondary N) is 1. The van der Waals surface area contributed by atoms with Gasteiger partial charge in [-0.2, -0.15) is 0 Å². The molecule has 0 radical (unpaired) electrons. The van der Waals surface area contributed by atoms with Crippen molar-refractivity contribution >= 4 is 29.6 Å². The number of benzene rings is 1. The predicted molar refractivity (Wildman–Crippen MR) is 142 cm³/mol. The second kappa shape index (κ2) is 12.5. The van der Waals surface area contributed by atoms with Crippen molar-refractivity contribution in [3.8, 4) is 11.1 Å². The predicted octanol–water partition coefficient (Wildman–Crippen LogP) is 3.43. The molecule has 0 saturated heterocycles. The monoisotopic (exact) mass is 506 g/mol. The minimum absolute atomic E-state index is 0.0146. The Labute approximate surface area is 216 Å². The Morgan fingerprint density at radius 3 is 2.68 bits per heavy atom. The first-order chi connectivity index (χ1) is 18.0. The molecule has 1 aliphatic heterocycles. The van der Waals surface area contributed by atoms with Gasteiger partial charge < -0.3 is 21.5 Å². The molecule has 1 aromatic heterocycles. The topological polar surface area (TPSA) is 145 Å². The van der Waals surface area contributed by atoms with Gasteiger partial charge in [-0.15, -0.1) is 0 Å². The lowest BCUT2D eigenvalue weighted by Gasteiger charge is -2.25. The van der Waals surface area contributed by atoms with Crippen LogP contribution in [-0.2, 0) is 20.9 Å². The first-order valence-corrected chi connectivity index (χ1v) is 12.7. The van der Waals surface area contributed by atoms with E-state index in [0.717, 1.165) is 41.6 Å². The molecule has 10 heteroatoms. The number of carbonyl (C=O) groups excluding carboxylic acids is 2. The van der Waals surface area contributed by atoms with E-state index in [-0.39, 0.29) is 31.6 Å². The zero-order valence-electron chi connectivity index (χ0n) is 21.1. The summed E-state index contributed by atoms with van der Waals surface area (Å²) >= 11 is 0. The van der Waals surface area contributed by atoms with E-state index in [1.54, 1.807) is 12.3 Å². The van der Waals surface area contributed by atoms with Crippen molar-refractivity contribution in [1.29, 1.82) is 0 Å². The average molecular weight is 507 g/mol. The number of hydrogen-bond donors (Lipinski definition) is 3. The number of pyridine rings is 1. The Kier molecular flexibility index (Phi) is 8.86. The number of alkyl carbamates (subject to hydrolysis) is 1. The highest BCUT2D eigenvalue weighted by molar-refractivity contribution is 6.05. The van der Waals surface area contributed by atoms with Crippen LogP contribution in [0.3, 0.4) is 0 Å². The Morgan fingerprint density at radius 2 is 2.00 bits per heavy atom. The van der Waals surface area contributed by atoms with Crippen LogP contribution in [-0.4, -0.2) is 53.7 Å². The van der Waals surface area contributed by atoms with E-state index >= 15 is 0 Å². The van der Waals surface area contributed by atoms with Crippen molar-refractivity contribution in [2.75, 3.05) is 19.7 Å². The minimum atomic E-state index is -0.459. The summed E-state index contributed by atoms with van der Waals surface area (Å²) in [5.41, 5.74) is 16.5. The van der Waals surface area contributed by atoms with Crippen molar-refractivity contribution in [2.24, 2.45) is 16.5 Å². The fourth-order valence-corrected chi connectivity index (χ4v) is 4.00. The van der Waals surface area contributed by atoms with Gasteiger partial charge in [0.05, 0.1) is 18.0 Å². The van der Waals surface area contributed by atoms with E-state index in [1.807, 2.05) is 37.3 Å². The van der Waals surface area contributed by atoms with Crippen molar-refractivity contribution < 1.29 is 19.2 Å². The van der Waals surface area contributed by atoms with Gasteiger partial charge in [0.1, 0.15) is 11.9 Å². The number of carbonyl (C=O) groups is 2. The molecule has 2 heterocycles. The molecule has 0 atom stereocenters. The molecule has 2 aromatic rings. The Bertz CT molecular complexity index is 1170. The molecule has 1 fully saturated rings. The molecular weight excluding hydrogens is 472 g/mol. The fraction of sp³-hybridized carbons (Fsp3) is 0.407. The lowest BCUT2D eigenvalue weighted by atomic mass is 9.96. The Hall–Kier alpha value is -3.76. The van der Waals surface area contributed by atoms with E-state index in [4.69, 9.17) is 21.0 Å². The average Bonchev–Trinajstić information content (AvgIpc) is 3.05. The smallest absolute Gasteiger partial charge is 0.407 e. The summed E-state index contributed by atoms with van der Waals surface area (Å²) in [5, 5.41) is 3.99. The van der Waals surface area contributed by atoms with Crippen LogP contribution in [0, 0.1) is 0 Å². The van der Waals surface area contributed by atoms with Crippen molar-refractivity contribution in [1.82, 2.24) is 15.4 Å². The molecule has 0 spiro atoms. The highest BCUT2D eigenvalue weighted by Crippen LogP contribution is 2.32. The summed E-state index contributed by atoms with van der Waals surface area (Å²) in [6.45, 7) is 3.11. The van der Waals surface area contributed by atoms with Gasteiger partial charge in [0.25, 0.3) is 5.91 Å². The van der Waals surface area contributed by atoms with Crippen LogP contribution >= 0.6 is 0 Å². The van der Waals surface area contributed by atoms with Crippen LogP contribution in [0.1, 0.15) is 50.3 Å². The number of hydroxylamine groups is 2. The molecule has 0 unspecified atom stereocenters. The quantitative estimate of drug-likeness (QED) is 0.331. The lowest BCUT2D eigenvalue weighted by Crippen LogP contribution is -2.38. The number of hydrogen-bond acceptors (Lipinski definition) is 8. The van der Waals surface area contributed by atoms with Crippen LogP contribution in [0.4, 0.5) is 10.5 Å². The molecular formula is C27H34N6O4. The second-order valence-electron chi connectivity index (χ2n) is 9.09. The van der Waals surface area contributed by atoms with Crippen LogP contribution < -0.4 is 16.8 Å². The van der Waals surface area contributed by atoms with Crippen LogP contribution in [0.5, 0.6) is 0 Å². The van der Waals surface area contributed by atoms with Gasteiger partial charge in [-0.3, -0.25) is 14.6 Å². The summed E-state index contributed by atoms with van der Waals surface area (Å²) in [6.07, 6.45) is 6.96. The number of nitrogens with zero attached hydrogens (tertiary/aromatic N) is 3. The molecule has 1 aliphatic carbocycles. The van der Waals surface area contributed by atoms with Crippen molar-refractivity contribution in [2.45, 2.75) is 51.7 Å². The molecule has 0 bridgehead atoms. The summed E-state index contributed by atoms with van der Waals surface area (Å²) in [5.74, 6) is 0.0551. The molecule has 1 saturated carbocycles. The number of fused-ring (bicyclic) bond motifs is 1. The molecule has 4 rings (SSSR count). The van der Waals surface area contributed by atoms with Crippen molar-refractivity contribution in [3.05, 3.63) is 53.4 Å². The largest absolute Gasteiger partial charge is 0.446 e. The molecule has 196 valence electrons. The number of ether oxygens (including phenoxy) is 1. The third kappa shape index (κ3) is 6.93. The molecule has 5 N–H and O–H groups in total. The first-order valence-electron chi connectivity index (χ1n) is 12.7. The van der Waals surface area contributed by atoms with Gasteiger partial charge in [-0.1, -0.05) is 25.1 Å². The van der Waals surface area contributed by atoms with Gasteiger partial charge in [0.15, 0.2) is 0 Å². The van der Waals surface area contributed by atoms with Crippen LogP contribution in [0.25, 0.3) is 17.2 Å². The maximum Gasteiger partial charge on any atom is 0.407 e. The molecule has 10 nitrogen and oxygen atoms in total. The molecule has 2 aliphatic rings. The number of amides is 2. The summed E-state index contributed by atoms with van der Waals surface area (Å²) < 4.78 is 5.26. The number of nitrogens with two attached hydrogens (primary N) is 2. The summed E-state index contributed by atoms with van der Waals surface area (Å²) in [4.78, 5) is 39.8. The van der Waals surface area contributed by atoms with E-state index in [0.29, 0.717) is 36.6 Å². The summed E-state index contributed by atoms with van der Waals surface area (Å²) in [6, 6.07) is 9.67. The fourth-order valence-electron chi connectivity index (χ4n) is 4.00. The normalized spacial score (nSPS) is 15.0. The molecule has 1 aromatic carbocycles. The van der Waals surface area contributed by atoms with E-state index in [9.17, 15) is 9.59 Å². The van der Waals surface area contributed by atoms with E-state index < -0.39 is 6.09 Å². The van der Waals surface area contributed by atoms with Crippen LogP contribution in [0.2, 0.25) is 0 Å². The SMILES string of the molecule is CCCN(OCCNC(=O)OC1CCC1)C(=O)C1=Cc2ccc(-c3ccc(CN)nc3)cc2N=C(N)C1. The van der Waals surface area contributed by atoms with E-state index in [2.05, 4.69) is 15.3 Å². The van der Waals surface area contributed by atoms with Crippen LogP contribution in [0.15, 0.2) is 47.1 Å². The second-order valence-corrected chi connectivity index (χ2v) is 9.09. The molecule has 37 heavy (non-hydrogen) atoms. The zero-order chi connectivity index (χ0) is 26.2. The van der Waals surface area contributed by atoms with Gasteiger partial charge in [0.2, 0.25) is 0 Å². The summed E-state index contributed by atoms with van der Waals surface area (Å²) in [7, 11) is 0. The van der Waals surface area contributed by atoms with Gasteiger partial charge in [0, 0.05) is 49.0 Å². The number of aliphatic imine (C=N–C) groups is 1. The highest BCUT2D eigenvalue weighted by Gasteiger charge is 2.23. The van der Waals surface area contributed by atoms with Gasteiger partial charge >= 0.3 is 6.09 Å². The maximum absolute atomic E-state index is 13.4.